The van der Waals surface area contributed by atoms with Gasteiger partial charge in [-0.25, -0.2) is 4.79 Å². The topological polar surface area (TPSA) is 83.5 Å². The summed E-state index contributed by atoms with van der Waals surface area (Å²) in [7, 11) is -1.52. The average molecular weight is 311 g/mol. The molecule has 0 saturated heterocycles. The Morgan fingerprint density at radius 2 is 1.81 bits per heavy atom. The van der Waals surface area contributed by atoms with E-state index in [1.807, 2.05) is 20.8 Å². The molecular formula is C15H21NO4S. The van der Waals surface area contributed by atoms with Crippen LogP contribution in [0.25, 0.3) is 0 Å². The van der Waals surface area contributed by atoms with E-state index in [2.05, 4.69) is 5.32 Å². The highest BCUT2D eigenvalue weighted by atomic mass is 32.2. The van der Waals surface area contributed by atoms with Gasteiger partial charge in [0, 0.05) is 10.4 Å². The number of benzene rings is 1. The summed E-state index contributed by atoms with van der Waals surface area (Å²) >= 11 is 0. The molecule has 0 spiro atoms. The minimum atomic E-state index is -1.52. The van der Waals surface area contributed by atoms with Crippen molar-refractivity contribution in [3.05, 3.63) is 29.8 Å². The van der Waals surface area contributed by atoms with Gasteiger partial charge in [-0.05, 0) is 51.5 Å². The van der Waals surface area contributed by atoms with Crippen LogP contribution in [0.15, 0.2) is 29.2 Å². The van der Waals surface area contributed by atoms with Crippen molar-refractivity contribution in [1.29, 1.82) is 0 Å². The fourth-order valence-electron chi connectivity index (χ4n) is 1.56. The lowest BCUT2D eigenvalue weighted by Crippen LogP contribution is -2.47. The van der Waals surface area contributed by atoms with Crippen LogP contribution in [0.4, 0.5) is 0 Å². The molecule has 6 heteroatoms. The summed E-state index contributed by atoms with van der Waals surface area (Å²) in [6, 6.07) is 5.73. The Bertz CT molecular complexity index is 551. The van der Waals surface area contributed by atoms with E-state index in [4.69, 9.17) is 5.11 Å². The van der Waals surface area contributed by atoms with Crippen LogP contribution < -0.4 is 5.32 Å². The van der Waals surface area contributed by atoms with E-state index in [-0.39, 0.29) is 17.0 Å². The summed E-state index contributed by atoms with van der Waals surface area (Å²) in [5.41, 5.74) is -0.220. The minimum Gasteiger partial charge on any atom is -0.478 e. The van der Waals surface area contributed by atoms with Gasteiger partial charge in [-0.1, -0.05) is 6.92 Å². The molecule has 1 amide bonds. The van der Waals surface area contributed by atoms with Crippen LogP contribution in [0.1, 0.15) is 44.5 Å². The first-order valence-corrected chi connectivity index (χ1v) is 7.95. The maximum absolute atomic E-state index is 12.3. The Balaban J connectivity index is 2.82. The van der Waals surface area contributed by atoms with Crippen LogP contribution in [-0.2, 0) is 15.6 Å². The van der Waals surface area contributed by atoms with Crippen LogP contribution >= 0.6 is 0 Å². The minimum absolute atomic E-state index is 0.125. The number of carboxylic acids is 1. The van der Waals surface area contributed by atoms with Gasteiger partial charge in [-0.3, -0.25) is 9.00 Å². The molecule has 1 aromatic carbocycles. The van der Waals surface area contributed by atoms with Crippen LogP contribution in [0.3, 0.4) is 0 Å². The lowest BCUT2D eigenvalue weighted by molar-refractivity contribution is -0.122. The zero-order chi connectivity index (χ0) is 16.2. The van der Waals surface area contributed by atoms with E-state index in [9.17, 15) is 13.8 Å². The molecule has 21 heavy (non-hydrogen) atoms. The van der Waals surface area contributed by atoms with Crippen LogP contribution in [0.5, 0.6) is 0 Å². The maximum atomic E-state index is 12.3. The molecule has 0 aliphatic rings. The molecule has 2 unspecified atom stereocenters. The van der Waals surface area contributed by atoms with Crippen molar-refractivity contribution in [3.8, 4) is 0 Å². The van der Waals surface area contributed by atoms with Crippen LogP contribution in [0.2, 0.25) is 0 Å². The molecule has 2 N–H and O–H groups in total. The fraction of sp³-hybridized carbons (Fsp3) is 0.467. The van der Waals surface area contributed by atoms with Crippen molar-refractivity contribution in [2.75, 3.05) is 0 Å². The first-order valence-electron chi connectivity index (χ1n) is 6.74. The van der Waals surface area contributed by atoms with E-state index >= 15 is 0 Å². The first-order chi connectivity index (χ1) is 9.68. The molecule has 0 fully saturated rings. The van der Waals surface area contributed by atoms with Gasteiger partial charge in [0.15, 0.2) is 0 Å². The Morgan fingerprint density at radius 1 is 1.29 bits per heavy atom. The Morgan fingerprint density at radius 3 is 2.24 bits per heavy atom. The fourth-order valence-corrected chi connectivity index (χ4v) is 2.62. The van der Waals surface area contributed by atoms with E-state index in [1.165, 1.54) is 24.3 Å². The molecule has 0 saturated carbocycles. The number of rotatable bonds is 6. The van der Waals surface area contributed by atoms with E-state index < -0.39 is 22.0 Å². The summed E-state index contributed by atoms with van der Waals surface area (Å²) < 4.78 is 12.3. The van der Waals surface area contributed by atoms with Gasteiger partial charge in [0.25, 0.3) is 0 Å². The molecule has 1 aromatic rings. The summed E-state index contributed by atoms with van der Waals surface area (Å²) in [6.07, 6.45) is 0.769. The highest BCUT2D eigenvalue weighted by molar-refractivity contribution is 7.86. The van der Waals surface area contributed by atoms with Crippen LogP contribution in [0, 0.1) is 0 Å². The smallest absolute Gasteiger partial charge is 0.335 e. The zero-order valence-corrected chi connectivity index (χ0v) is 13.5. The van der Waals surface area contributed by atoms with Gasteiger partial charge in [0.1, 0.15) is 5.25 Å². The number of hydrogen-bond donors (Lipinski definition) is 2. The second-order valence-electron chi connectivity index (χ2n) is 5.50. The molecule has 5 nitrogen and oxygen atoms in total. The molecule has 0 radical (unpaired) electrons. The molecular weight excluding hydrogens is 290 g/mol. The second kappa shape index (κ2) is 6.85. The standard InChI is InChI=1S/C15H21NO4S/c1-5-15(3,4)16-13(17)10(2)21(20)12-8-6-11(7-9-12)14(18)19/h6-10H,5H2,1-4H3,(H,16,17)(H,18,19). The van der Waals surface area contributed by atoms with Crippen molar-refractivity contribution < 1.29 is 18.9 Å². The molecule has 0 aliphatic carbocycles. The molecule has 0 bridgehead atoms. The Hall–Kier alpha value is -1.69. The number of nitrogens with one attached hydrogen (secondary N) is 1. The van der Waals surface area contributed by atoms with E-state index in [1.54, 1.807) is 6.92 Å². The third-order valence-corrected chi connectivity index (χ3v) is 4.96. The zero-order valence-electron chi connectivity index (χ0n) is 12.7. The molecule has 0 heterocycles. The monoisotopic (exact) mass is 311 g/mol. The highest BCUT2D eigenvalue weighted by Gasteiger charge is 2.26. The predicted octanol–water partition coefficient (Wildman–Crippen LogP) is 2.19. The van der Waals surface area contributed by atoms with Gasteiger partial charge in [0.05, 0.1) is 16.4 Å². The highest BCUT2D eigenvalue weighted by Crippen LogP contribution is 2.15. The third kappa shape index (κ3) is 4.67. The van der Waals surface area contributed by atoms with Crippen molar-refractivity contribution in [3.63, 3.8) is 0 Å². The molecule has 116 valence electrons. The van der Waals surface area contributed by atoms with Crippen molar-refractivity contribution >= 4 is 22.7 Å². The van der Waals surface area contributed by atoms with Crippen LogP contribution in [-0.4, -0.2) is 32.0 Å². The van der Waals surface area contributed by atoms with Gasteiger partial charge < -0.3 is 10.4 Å². The van der Waals surface area contributed by atoms with Gasteiger partial charge in [-0.15, -0.1) is 0 Å². The molecule has 1 rings (SSSR count). The van der Waals surface area contributed by atoms with E-state index in [0.29, 0.717) is 4.90 Å². The lowest BCUT2D eigenvalue weighted by atomic mass is 10.0. The van der Waals surface area contributed by atoms with Crippen molar-refractivity contribution in [2.45, 2.75) is 49.8 Å². The number of carbonyl (C=O) groups excluding carboxylic acids is 1. The molecule has 0 aromatic heterocycles. The largest absolute Gasteiger partial charge is 0.478 e. The number of hydrogen-bond acceptors (Lipinski definition) is 3. The number of carboxylic acid groups (broad SMARTS) is 1. The third-order valence-electron chi connectivity index (χ3n) is 3.37. The normalized spacial score (nSPS) is 14.3. The summed E-state index contributed by atoms with van der Waals surface area (Å²) in [6.45, 7) is 7.37. The second-order valence-corrected chi connectivity index (χ2v) is 7.27. The summed E-state index contributed by atoms with van der Waals surface area (Å²) in [4.78, 5) is 23.3. The predicted molar refractivity (Wildman–Crippen MR) is 81.8 cm³/mol. The Labute approximate surface area is 127 Å². The molecule has 2 atom stereocenters. The van der Waals surface area contributed by atoms with Gasteiger partial charge >= 0.3 is 5.97 Å². The Kier molecular flexibility index (Phi) is 5.66. The number of aromatic carboxylic acids is 1. The van der Waals surface area contributed by atoms with E-state index in [0.717, 1.165) is 6.42 Å². The number of carbonyl (C=O) groups is 2. The van der Waals surface area contributed by atoms with Crippen molar-refractivity contribution in [1.82, 2.24) is 5.32 Å². The maximum Gasteiger partial charge on any atom is 0.335 e. The summed E-state index contributed by atoms with van der Waals surface area (Å²) in [5, 5.41) is 11.0. The lowest BCUT2D eigenvalue weighted by Gasteiger charge is -2.26. The van der Waals surface area contributed by atoms with Gasteiger partial charge in [-0.2, -0.15) is 0 Å². The SMILES string of the molecule is CCC(C)(C)NC(=O)C(C)S(=O)c1ccc(C(=O)O)cc1. The number of amides is 1. The summed E-state index contributed by atoms with van der Waals surface area (Å²) in [5.74, 6) is -1.31. The quantitative estimate of drug-likeness (QED) is 0.843. The van der Waals surface area contributed by atoms with Gasteiger partial charge in [0.2, 0.25) is 5.91 Å². The molecule has 0 aliphatic heterocycles. The average Bonchev–Trinajstić information content (AvgIpc) is 2.45. The van der Waals surface area contributed by atoms with Crippen molar-refractivity contribution in [2.24, 2.45) is 0 Å². The first kappa shape index (κ1) is 17.4.